The molecule has 0 saturated heterocycles. The molecule has 1 aromatic rings. The van der Waals surface area contributed by atoms with Crippen LogP contribution < -0.4 is 5.32 Å². The van der Waals surface area contributed by atoms with E-state index in [0.29, 0.717) is 16.3 Å². The van der Waals surface area contributed by atoms with Crippen molar-refractivity contribution in [2.45, 2.75) is 18.2 Å². The molecule has 0 saturated carbocycles. The van der Waals surface area contributed by atoms with Crippen molar-refractivity contribution in [3.8, 4) is 6.07 Å². The summed E-state index contributed by atoms with van der Waals surface area (Å²) in [4.78, 5) is 11.6. The van der Waals surface area contributed by atoms with Crippen molar-refractivity contribution in [1.82, 2.24) is 0 Å². The summed E-state index contributed by atoms with van der Waals surface area (Å²) in [5, 5.41) is 11.7. The second-order valence-corrected chi connectivity index (χ2v) is 6.12. The maximum absolute atomic E-state index is 11.6. The quantitative estimate of drug-likeness (QED) is 0.852. The van der Waals surface area contributed by atoms with Gasteiger partial charge >= 0.3 is 0 Å². The molecule has 0 heterocycles. The van der Waals surface area contributed by atoms with Gasteiger partial charge in [0.1, 0.15) is 6.07 Å². The number of rotatable bonds is 2. The molecule has 1 aromatic carbocycles. The summed E-state index contributed by atoms with van der Waals surface area (Å²) in [5.41, 5.74) is 0.958. The molecule has 1 rings (SSSR count). The third kappa shape index (κ3) is 3.22. The molecular formula is C11H10BrClN2O. The second kappa shape index (κ2) is 4.86. The van der Waals surface area contributed by atoms with Crippen molar-refractivity contribution in [1.29, 1.82) is 5.26 Å². The Bertz CT molecular complexity index is 460. The van der Waals surface area contributed by atoms with Crippen molar-refractivity contribution in [2.75, 3.05) is 5.32 Å². The zero-order valence-electron chi connectivity index (χ0n) is 8.84. The highest BCUT2D eigenvalue weighted by Crippen LogP contribution is 2.23. The maximum Gasteiger partial charge on any atom is 0.240 e. The Kier molecular flexibility index (Phi) is 3.95. The first-order valence-electron chi connectivity index (χ1n) is 4.54. The van der Waals surface area contributed by atoms with Gasteiger partial charge in [0.15, 0.2) is 0 Å². The van der Waals surface area contributed by atoms with Crippen molar-refractivity contribution in [2.24, 2.45) is 0 Å². The monoisotopic (exact) mass is 300 g/mol. The second-order valence-electron chi connectivity index (χ2n) is 3.73. The lowest BCUT2D eigenvalue weighted by molar-refractivity contribution is -0.117. The number of halogens is 2. The number of anilines is 1. The van der Waals surface area contributed by atoms with Gasteiger partial charge in [0.25, 0.3) is 0 Å². The Labute approximate surface area is 108 Å². The molecule has 16 heavy (non-hydrogen) atoms. The van der Waals surface area contributed by atoms with Crippen LogP contribution in [0.4, 0.5) is 5.69 Å². The van der Waals surface area contributed by atoms with Crippen molar-refractivity contribution < 1.29 is 4.79 Å². The maximum atomic E-state index is 11.6. The zero-order valence-corrected chi connectivity index (χ0v) is 11.2. The summed E-state index contributed by atoms with van der Waals surface area (Å²) in [5.74, 6) is -0.173. The van der Waals surface area contributed by atoms with Crippen LogP contribution in [-0.4, -0.2) is 10.2 Å². The number of alkyl halides is 1. The van der Waals surface area contributed by atoms with Gasteiger partial charge in [-0.05, 0) is 32.0 Å². The number of carbonyl (C=O) groups is 1. The lowest BCUT2D eigenvalue weighted by Gasteiger charge is -2.15. The Balaban J connectivity index is 2.89. The highest BCUT2D eigenvalue weighted by molar-refractivity contribution is 9.10. The van der Waals surface area contributed by atoms with Crippen LogP contribution in [0, 0.1) is 11.3 Å². The predicted octanol–water partition coefficient (Wildman–Crippen LogP) is 3.32. The molecule has 0 atom stereocenters. The first kappa shape index (κ1) is 13.0. The summed E-state index contributed by atoms with van der Waals surface area (Å²) in [6.45, 7) is 3.49. The van der Waals surface area contributed by atoms with Gasteiger partial charge in [-0.1, -0.05) is 27.5 Å². The van der Waals surface area contributed by atoms with Crippen LogP contribution in [-0.2, 0) is 4.79 Å². The summed E-state index contributed by atoms with van der Waals surface area (Å²) >= 11 is 9.09. The lowest BCUT2D eigenvalue weighted by Crippen LogP contribution is -2.30. The number of carbonyl (C=O) groups excluding carboxylic acids is 1. The van der Waals surface area contributed by atoms with Gasteiger partial charge in [-0.3, -0.25) is 4.79 Å². The Morgan fingerprint density at radius 2 is 2.19 bits per heavy atom. The van der Waals surface area contributed by atoms with E-state index in [1.807, 2.05) is 6.07 Å². The normalized spacial score (nSPS) is 10.7. The molecule has 0 aliphatic heterocycles. The van der Waals surface area contributed by atoms with Gasteiger partial charge in [-0.25, -0.2) is 0 Å². The lowest BCUT2D eigenvalue weighted by atomic mass is 10.2. The van der Waals surface area contributed by atoms with E-state index in [0.717, 1.165) is 0 Å². The number of hydrogen-bond donors (Lipinski definition) is 1. The number of nitrogens with one attached hydrogen (secondary N) is 1. The predicted molar refractivity (Wildman–Crippen MR) is 67.8 cm³/mol. The average molecular weight is 302 g/mol. The van der Waals surface area contributed by atoms with Crippen LogP contribution in [0.15, 0.2) is 18.2 Å². The van der Waals surface area contributed by atoms with Gasteiger partial charge in [0.05, 0.1) is 14.9 Å². The van der Waals surface area contributed by atoms with E-state index in [4.69, 9.17) is 16.9 Å². The van der Waals surface area contributed by atoms with E-state index < -0.39 is 4.32 Å². The molecule has 0 spiro atoms. The van der Waals surface area contributed by atoms with E-state index in [9.17, 15) is 4.79 Å². The van der Waals surface area contributed by atoms with Crippen molar-refractivity contribution in [3.05, 3.63) is 28.8 Å². The van der Waals surface area contributed by atoms with E-state index in [-0.39, 0.29) is 5.91 Å². The Hall–Kier alpha value is -1.05. The molecule has 0 bridgehead atoms. The smallest absolute Gasteiger partial charge is 0.240 e. The Morgan fingerprint density at radius 1 is 1.56 bits per heavy atom. The molecule has 3 nitrogen and oxygen atoms in total. The molecule has 0 radical (unpaired) electrons. The number of benzene rings is 1. The molecule has 0 aliphatic rings. The minimum absolute atomic E-state index is 0.173. The Morgan fingerprint density at radius 3 is 2.62 bits per heavy atom. The summed E-state index contributed by atoms with van der Waals surface area (Å²) in [6.07, 6.45) is 0. The SMILES string of the molecule is CC(C)(Br)C(=O)Nc1ccc(C#N)c(Cl)c1. The molecule has 0 fully saturated rings. The minimum Gasteiger partial charge on any atom is -0.325 e. The molecule has 84 valence electrons. The third-order valence-corrected chi connectivity index (χ3v) is 2.56. The third-order valence-electron chi connectivity index (χ3n) is 1.89. The van der Waals surface area contributed by atoms with Gasteiger partial charge in [-0.15, -0.1) is 0 Å². The standard InChI is InChI=1S/C11H10BrClN2O/c1-11(2,12)10(16)15-8-4-3-7(6-14)9(13)5-8/h3-5H,1-2H3,(H,15,16). The van der Waals surface area contributed by atoms with Crippen LogP contribution in [0.2, 0.25) is 5.02 Å². The van der Waals surface area contributed by atoms with Crippen molar-refractivity contribution >= 4 is 39.1 Å². The molecule has 5 heteroatoms. The molecular weight excluding hydrogens is 291 g/mol. The van der Waals surface area contributed by atoms with E-state index in [1.165, 1.54) is 0 Å². The van der Waals surface area contributed by atoms with Crippen molar-refractivity contribution in [3.63, 3.8) is 0 Å². The molecule has 0 aliphatic carbocycles. The number of amides is 1. The molecule has 1 amide bonds. The van der Waals surface area contributed by atoms with Crippen LogP contribution in [0.1, 0.15) is 19.4 Å². The van der Waals surface area contributed by atoms with Gasteiger partial charge < -0.3 is 5.32 Å². The zero-order chi connectivity index (χ0) is 12.3. The van der Waals surface area contributed by atoms with Gasteiger partial charge in [0.2, 0.25) is 5.91 Å². The fourth-order valence-electron chi connectivity index (χ4n) is 0.963. The first-order chi connectivity index (χ1) is 7.34. The number of nitriles is 1. The van der Waals surface area contributed by atoms with E-state index in [2.05, 4.69) is 21.2 Å². The largest absolute Gasteiger partial charge is 0.325 e. The fourth-order valence-corrected chi connectivity index (χ4v) is 1.29. The number of hydrogen-bond acceptors (Lipinski definition) is 2. The highest BCUT2D eigenvalue weighted by atomic mass is 79.9. The first-order valence-corrected chi connectivity index (χ1v) is 5.71. The molecule has 0 aromatic heterocycles. The average Bonchev–Trinajstić information content (AvgIpc) is 2.16. The van der Waals surface area contributed by atoms with Gasteiger partial charge in [0, 0.05) is 5.69 Å². The van der Waals surface area contributed by atoms with Gasteiger partial charge in [-0.2, -0.15) is 5.26 Å². The summed E-state index contributed by atoms with van der Waals surface area (Å²) < 4.78 is -0.645. The van der Waals surface area contributed by atoms with Crippen LogP contribution >= 0.6 is 27.5 Å². The van der Waals surface area contributed by atoms with Crippen LogP contribution in [0.3, 0.4) is 0 Å². The topological polar surface area (TPSA) is 52.9 Å². The fraction of sp³-hybridized carbons (Fsp3) is 0.273. The molecule has 0 unspecified atom stereocenters. The van der Waals surface area contributed by atoms with Crippen LogP contribution in [0.5, 0.6) is 0 Å². The van der Waals surface area contributed by atoms with E-state index in [1.54, 1.807) is 32.0 Å². The van der Waals surface area contributed by atoms with Crippen LogP contribution in [0.25, 0.3) is 0 Å². The highest BCUT2D eigenvalue weighted by Gasteiger charge is 2.23. The summed E-state index contributed by atoms with van der Waals surface area (Å²) in [6, 6.07) is 6.71. The minimum atomic E-state index is -0.645. The van der Waals surface area contributed by atoms with E-state index >= 15 is 0 Å². The molecule has 1 N–H and O–H groups in total. The number of nitrogens with zero attached hydrogens (tertiary/aromatic N) is 1. The summed E-state index contributed by atoms with van der Waals surface area (Å²) in [7, 11) is 0.